The van der Waals surface area contributed by atoms with Crippen LogP contribution >= 0.6 is 23.1 Å². The molecule has 0 amide bonds. The molecule has 0 aliphatic carbocycles. The van der Waals surface area contributed by atoms with Crippen LogP contribution in [0.25, 0.3) is 21.7 Å². The number of thiazole rings is 1. The van der Waals surface area contributed by atoms with E-state index in [9.17, 15) is 13.2 Å². The van der Waals surface area contributed by atoms with Crippen molar-refractivity contribution in [3.05, 3.63) is 65.2 Å². The van der Waals surface area contributed by atoms with Gasteiger partial charge < -0.3 is 4.42 Å². The van der Waals surface area contributed by atoms with Gasteiger partial charge in [0.1, 0.15) is 10.5 Å². The van der Waals surface area contributed by atoms with Crippen molar-refractivity contribution in [2.45, 2.75) is 17.2 Å². The maximum absolute atomic E-state index is 12.6. The van der Waals surface area contributed by atoms with E-state index in [-0.39, 0.29) is 0 Å². The highest BCUT2D eigenvalue weighted by molar-refractivity contribution is 7.98. The monoisotopic (exact) mass is 392 g/mol. The van der Waals surface area contributed by atoms with Crippen molar-refractivity contribution in [2.75, 3.05) is 0 Å². The molecule has 0 atom stereocenters. The van der Waals surface area contributed by atoms with Gasteiger partial charge in [0, 0.05) is 16.7 Å². The van der Waals surface area contributed by atoms with E-state index in [0.717, 1.165) is 28.9 Å². The maximum Gasteiger partial charge on any atom is 0.416 e. The molecule has 2 aromatic carbocycles. The molecule has 132 valence electrons. The summed E-state index contributed by atoms with van der Waals surface area (Å²) in [4.78, 5) is 8.88. The molecule has 8 heteroatoms. The van der Waals surface area contributed by atoms with Crippen molar-refractivity contribution < 1.29 is 17.6 Å². The molecule has 0 fully saturated rings. The lowest BCUT2D eigenvalue weighted by molar-refractivity contribution is -0.137. The first-order valence-corrected chi connectivity index (χ1v) is 9.46. The first-order chi connectivity index (χ1) is 12.5. The Labute approximate surface area is 154 Å². The molecule has 4 aromatic rings. The zero-order valence-corrected chi connectivity index (χ0v) is 14.8. The van der Waals surface area contributed by atoms with Crippen molar-refractivity contribution >= 4 is 34.2 Å². The first-order valence-electron chi connectivity index (χ1n) is 7.59. The minimum Gasteiger partial charge on any atom is -0.431 e. The van der Waals surface area contributed by atoms with E-state index < -0.39 is 11.7 Å². The summed E-state index contributed by atoms with van der Waals surface area (Å²) in [5.41, 5.74) is 2.38. The van der Waals surface area contributed by atoms with Gasteiger partial charge in [-0.25, -0.2) is 9.97 Å². The Kier molecular flexibility index (Phi) is 4.46. The molecule has 0 radical (unpaired) electrons. The van der Waals surface area contributed by atoms with Gasteiger partial charge in [0.15, 0.2) is 5.58 Å². The number of hydrogen-bond acceptors (Lipinski definition) is 5. The largest absolute Gasteiger partial charge is 0.431 e. The standard InChI is InChI=1S/C18H11F3N2OS2/c19-18(20,21)12-7-5-11(6-8-12)16-22-13(9-25-16)10-26-17-23-14-3-1-2-4-15(14)24-17/h1-9H,10H2. The number of oxazole rings is 1. The highest BCUT2D eigenvalue weighted by atomic mass is 32.2. The molecule has 4 rings (SSSR count). The van der Waals surface area contributed by atoms with Crippen LogP contribution in [0.1, 0.15) is 11.3 Å². The van der Waals surface area contributed by atoms with Gasteiger partial charge in [0.25, 0.3) is 5.22 Å². The molecule has 2 heterocycles. The Morgan fingerprint density at radius 1 is 1.00 bits per heavy atom. The summed E-state index contributed by atoms with van der Waals surface area (Å²) in [7, 11) is 0. The summed E-state index contributed by atoms with van der Waals surface area (Å²) in [6.45, 7) is 0. The molecular formula is C18H11F3N2OS2. The second-order valence-corrected chi connectivity index (χ2v) is 7.24. The number of nitrogens with zero attached hydrogens (tertiary/aromatic N) is 2. The second kappa shape index (κ2) is 6.77. The number of hydrogen-bond donors (Lipinski definition) is 0. The van der Waals surface area contributed by atoms with Gasteiger partial charge in [-0.3, -0.25) is 0 Å². The lowest BCUT2D eigenvalue weighted by Gasteiger charge is -2.06. The number of halogens is 3. The predicted octanol–water partition coefficient (Wildman–Crippen LogP) is 6.26. The number of fused-ring (bicyclic) bond motifs is 1. The van der Waals surface area contributed by atoms with Crippen LogP contribution in [0.4, 0.5) is 13.2 Å². The quantitative estimate of drug-likeness (QED) is 0.384. The topological polar surface area (TPSA) is 38.9 Å². The van der Waals surface area contributed by atoms with Crippen LogP contribution < -0.4 is 0 Å². The summed E-state index contributed by atoms with van der Waals surface area (Å²) in [6, 6.07) is 12.6. The van der Waals surface area contributed by atoms with Gasteiger partial charge >= 0.3 is 6.18 Å². The van der Waals surface area contributed by atoms with E-state index in [4.69, 9.17) is 4.42 Å². The average Bonchev–Trinajstić information content (AvgIpc) is 3.26. The van der Waals surface area contributed by atoms with Crippen LogP contribution in [0.3, 0.4) is 0 Å². The SMILES string of the molecule is FC(F)(F)c1ccc(-c2nc(CSc3nc4ccccc4o3)cs2)cc1. The molecule has 26 heavy (non-hydrogen) atoms. The van der Waals surface area contributed by atoms with E-state index in [1.54, 1.807) is 0 Å². The third-order valence-corrected chi connectivity index (χ3v) is 5.43. The van der Waals surface area contributed by atoms with Gasteiger partial charge in [0.05, 0.1) is 11.3 Å². The predicted molar refractivity (Wildman–Crippen MR) is 96.1 cm³/mol. The fraction of sp³-hybridized carbons (Fsp3) is 0.111. The molecule has 0 aliphatic heterocycles. The Morgan fingerprint density at radius 3 is 2.50 bits per heavy atom. The van der Waals surface area contributed by atoms with Gasteiger partial charge in [-0.05, 0) is 24.3 Å². The van der Waals surface area contributed by atoms with Crippen LogP contribution in [-0.4, -0.2) is 9.97 Å². The van der Waals surface area contributed by atoms with Crippen LogP contribution in [0.15, 0.2) is 63.6 Å². The fourth-order valence-electron chi connectivity index (χ4n) is 2.36. The van der Waals surface area contributed by atoms with E-state index >= 15 is 0 Å². The molecule has 3 nitrogen and oxygen atoms in total. The molecule has 2 aromatic heterocycles. The summed E-state index contributed by atoms with van der Waals surface area (Å²) in [5.74, 6) is 0.573. The molecular weight excluding hydrogens is 381 g/mol. The normalized spacial score (nSPS) is 12.0. The van der Waals surface area contributed by atoms with Crippen molar-refractivity contribution in [3.63, 3.8) is 0 Å². The molecule has 0 spiro atoms. The number of aromatic nitrogens is 2. The second-order valence-electron chi connectivity index (χ2n) is 5.46. The summed E-state index contributed by atoms with van der Waals surface area (Å²) >= 11 is 2.83. The van der Waals surface area contributed by atoms with Crippen LogP contribution in [0, 0.1) is 0 Å². The lowest BCUT2D eigenvalue weighted by Crippen LogP contribution is -2.03. The average molecular weight is 392 g/mol. The molecule has 0 bridgehead atoms. The Hall–Kier alpha value is -2.32. The number of thioether (sulfide) groups is 1. The van der Waals surface area contributed by atoms with Crippen LogP contribution in [-0.2, 0) is 11.9 Å². The number of rotatable bonds is 4. The molecule has 0 saturated carbocycles. The van der Waals surface area contributed by atoms with Gasteiger partial charge in [-0.15, -0.1) is 11.3 Å². The zero-order valence-electron chi connectivity index (χ0n) is 13.2. The van der Waals surface area contributed by atoms with E-state index in [2.05, 4.69) is 9.97 Å². The van der Waals surface area contributed by atoms with E-state index in [1.807, 2.05) is 29.6 Å². The molecule has 0 saturated heterocycles. The molecule has 0 unspecified atom stereocenters. The van der Waals surface area contributed by atoms with Crippen LogP contribution in [0.5, 0.6) is 0 Å². The fourth-order valence-corrected chi connectivity index (χ4v) is 4.02. The third kappa shape index (κ3) is 3.61. The Balaban J connectivity index is 1.46. The highest BCUT2D eigenvalue weighted by Gasteiger charge is 2.30. The third-order valence-electron chi connectivity index (χ3n) is 3.63. The number of para-hydroxylation sites is 2. The number of benzene rings is 2. The lowest BCUT2D eigenvalue weighted by atomic mass is 10.1. The minimum atomic E-state index is -4.33. The van der Waals surface area contributed by atoms with E-state index in [0.29, 0.717) is 21.5 Å². The van der Waals surface area contributed by atoms with Crippen molar-refractivity contribution in [2.24, 2.45) is 0 Å². The van der Waals surface area contributed by atoms with Gasteiger partial charge in [-0.2, -0.15) is 13.2 Å². The van der Waals surface area contributed by atoms with Crippen molar-refractivity contribution in [3.8, 4) is 10.6 Å². The van der Waals surface area contributed by atoms with E-state index in [1.165, 1.54) is 35.2 Å². The first kappa shape index (κ1) is 17.1. The number of alkyl halides is 3. The summed E-state index contributed by atoms with van der Waals surface area (Å²) in [6.07, 6.45) is -4.33. The van der Waals surface area contributed by atoms with Gasteiger partial charge in [-0.1, -0.05) is 36.0 Å². The zero-order chi connectivity index (χ0) is 18.1. The summed E-state index contributed by atoms with van der Waals surface area (Å²) < 4.78 is 43.5. The molecule has 0 aliphatic rings. The van der Waals surface area contributed by atoms with Crippen molar-refractivity contribution in [1.29, 1.82) is 0 Å². The van der Waals surface area contributed by atoms with Crippen molar-refractivity contribution in [1.82, 2.24) is 9.97 Å². The summed E-state index contributed by atoms with van der Waals surface area (Å²) in [5, 5.41) is 3.14. The minimum absolute atomic E-state index is 0.565. The maximum atomic E-state index is 12.6. The molecule has 0 N–H and O–H groups in total. The highest BCUT2D eigenvalue weighted by Crippen LogP contribution is 2.33. The smallest absolute Gasteiger partial charge is 0.416 e. The van der Waals surface area contributed by atoms with Gasteiger partial charge in [0.2, 0.25) is 0 Å². The van der Waals surface area contributed by atoms with Crippen LogP contribution in [0.2, 0.25) is 0 Å². The Morgan fingerprint density at radius 2 is 1.77 bits per heavy atom. The Bertz CT molecular complexity index is 1010.